The highest BCUT2D eigenvalue weighted by atomic mass is 35.5. The molecule has 0 aliphatic carbocycles. The Morgan fingerprint density at radius 2 is 1.96 bits per heavy atom. The number of para-hydroxylation sites is 2. The molecule has 1 amide bonds. The van der Waals surface area contributed by atoms with Crippen molar-refractivity contribution in [1.29, 1.82) is 0 Å². The van der Waals surface area contributed by atoms with Gasteiger partial charge in [0.05, 0.1) is 10.7 Å². The largest absolute Gasteiger partial charge is 0.485 e. The van der Waals surface area contributed by atoms with Gasteiger partial charge < -0.3 is 9.47 Å². The van der Waals surface area contributed by atoms with Crippen LogP contribution in [0.2, 0.25) is 10.0 Å². The van der Waals surface area contributed by atoms with Gasteiger partial charge in [0.15, 0.2) is 11.5 Å². The molecule has 0 spiro atoms. The lowest BCUT2D eigenvalue weighted by molar-refractivity contribution is -0.130. The first-order valence-electron chi connectivity index (χ1n) is 7.22. The number of nitrogens with one attached hydrogen (secondary N) is 1. The van der Waals surface area contributed by atoms with Crippen molar-refractivity contribution in [2.45, 2.75) is 13.0 Å². The second kappa shape index (κ2) is 7.11. The first kappa shape index (κ1) is 16.6. The number of benzene rings is 2. The zero-order valence-corrected chi connectivity index (χ0v) is 14.3. The number of halogens is 2. The average Bonchev–Trinajstić information content (AvgIpc) is 2.59. The second-order valence-corrected chi connectivity index (χ2v) is 6.01. The maximum absolute atomic E-state index is 12.2. The third-order valence-corrected chi connectivity index (χ3v) is 4.00. The van der Waals surface area contributed by atoms with E-state index in [0.29, 0.717) is 32.8 Å². The van der Waals surface area contributed by atoms with Crippen LogP contribution in [0.1, 0.15) is 12.5 Å². The van der Waals surface area contributed by atoms with Crippen molar-refractivity contribution < 1.29 is 14.3 Å². The van der Waals surface area contributed by atoms with Gasteiger partial charge in [0.1, 0.15) is 6.61 Å². The van der Waals surface area contributed by atoms with Crippen molar-refractivity contribution in [2.24, 2.45) is 5.10 Å². The lowest BCUT2D eigenvalue weighted by Crippen LogP contribution is -2.42. The van der Waals surface area contributed by atoms with Crippen LogP contribution in [0.3, 0.4) is 0 Å². The van der Waals surface area contributed by atoms with Crippen LogP contribution in [0, 0.1) is 0 Å². The molecule has 0 radical (unpaired) electrons. The minimum Gasteiger partial charge on any atom is -0.485 e. The van der Waals surface area contributed by atoms with E-state index in [1.165, 1.54) is 0 Å². The summed E-state index contributed by atoms with van der Waals surface area (Å²) in [6.45, 7) is 1.86. The van der Waals surface area contributed by atoms with Gasteiger partial charge in [-0.3, -0.25) is 4.79 Å². The van der Waals surface area contributed by atoms with E-state index < -0.39 is 12.0 Å². The third-order valence-electron chi connectivity index (χ3n) is 3.46. The highest BCUT2D eigenvalue weighted by Crippen LogP contribution is 2.30. The van der Waals surface area contributed by atoms with E-state index in [1.54, 1.807) is 37.3 Å². The van der Waals surface area contributed by atoms with E-state index in [4.69, 9.17) is 32.7 Å². The Morgan fingerprint density at radius 1 is 1.21 bits per heavy atom. The van der Waals surface area contributed by atoms with E-state index in [1.807, 2.05) is 12.1 Å². The van der Waals surface area contributed by atoms with Gasteiger partial charge in [-0.1, -0.05) is 41.4 Å². The molecule has 0 unspecified atom stereocenters. The highest BCUT2D eigenvalue weighted by Gasteiger charge is 2.27. The van der Waals surface area contributed by atoms with Crippen LogP contribution in [0.15, 0.2) is 47.6 Å². The smallest absolute Gasteiger partial charge is 0.284 e. The molecule has 1 aliphatic rings. The monoisotopic (exact) mass is 364 g/mol. The number of rotatable bonds is 3. The van der Waals surface area contributed by atoms with Crippen LogP contribution in [0.25, 0.3) is 0 Å². The molecule has 0 fully saturated rings. The van der Waals surface area contributed by atoms with E-state index in [-0.39, 0.29) is 6.61 Å². The predicted octanol–water partition coefficient (Wildman–Crippen LogP) is 3.67. The predicted molar refractivity (Wildman–Crippen MR) is 93.2 cm³/mol. The van der Waals surface area contributed by atoms with Gasteiger partial charge in [-0.15, -0.1) is 0 Å². The van der Waals surface area contributed by atoms with Crippen molar-refractivity contribution in [2.75, 3.05) is 6.61 Å². The van der Waals surface area contributed by atoms with Crippen molar-refractivity contribution in [3.63, 3.8) is 0 Å². The summed E-state index contributed by atoms with van der Waals surface area (Å²) >= 11 is 12.0. The molecule has 1 heterocycles. The molecule has 2 aromatic carbocycles. The first-order chi connectivity index (χ1) is 11.5. The lowest BCUT2D eigenvalue weighted by atomic mass is 10.1. The lowest BCUT2D eigenvalue weighted by Gasteiger charge is -2.24. The minimum absolute atomic E-state index is 0.124. The second-order valence-electron chi connectivity index (χ2n) is 5.16. The zero-order valence-electron chi connectivity index (χ0n) is 12.8. The number of hydrogen-bond donors (Lipinski definition) is 1. The molecule has 1 atom stereocenters. The van der Waals surface area contributed by atoms with Gasteiger partial charge in [0, 0.05) is 10.6 Å². The maximum atomic E-state index is 12.2. The summed E-state index contributed by atoms with van der Waals surface area (Å²) in [5.41, 5.74) is 3.72. The average molecular weight is 365 g/mol. The SMILES string of the molecule is C/C(=N/NC(=O)[C@H]1COc2ccccc2O1)c1ccc(Cl)cc1Cl. The van der Waals surface area contributed by atoms with E-state index in [2.05, 4.69) is 10.5 Å². The summed E-state index contributed by atoms with van der Waals surface area (Å²) in [6.07, 6.45) is -0.767. The van der Waals surface area contributed by atoms with Gasteiger partial charge >= 0.3 is 0 Å². The minimum atomic E-state index is -0.767. The quantitative estimate of drug-likeness (QED) is 0.667. The Hall–Kier alpha value is -2.24. The number of hydrogen-bond acceptors (Lipinski definition) is 4. The maximum Gasteiger partial charge on any atom is 0.284 e. The molecule has 5 nitrogen and oxygen atoms in total. The number of amides is 1. The van der Waals surface area contributed by atoms with Crippen LogP contribution in [0.4, 0.5) is 0 Å². The van der Waals surface area contributed by atoms with Gasteiger partial charge in [-0.2, -0.15) is 5.10 Å². The van der Waals surface area contributed by atoms with Gasteiger partial charge in [-0.25, -0.2) is 5.43 Å². The standard InChI is InChI=1S/C17H14Cl2N2O3/c1-10(12-7-6-11(18)8-13(12)19)20-21-17(22)16-9-23-14-4-2-3-5-15(14)24-16/h2-8,16H,9H2,1H3,(H,21,22)/b20-10-/t16-/m1/s1. The zero-order chi connectivity index (χ0) is 17.1. The fraction of sp³-hybridized carbons (Fsp3) is 0.176. The summed E-state index contributed by atoms with van der Waals surface area (Å²) in [5, 5.41) is 5.07. The van der Waals surface area contributed by atoms with Crippen LogP contribution in [0.5, 0.6) is 11.5 Å². The number of fused-ring (bicyclic) bond motifs is 1. The Morgan fingerprint density at radius 3 is 2.71 bits per heavy atom. The Labute approximate surface area is 149 Å². The van der Waals surface area contributed by atoms with E-state index >= 15 is 0 Å². The van der Waals surface area contributed by atoms with E-state index in [0.717, 1.165) is 0 Å². The Bertz CT molecular complexity index is 808. The summed E-state index contributed by atoms with van der Waals surface area (Å²) in [4.78, 5) is 12.2. The number of nitrogens with zero attached hydrogens (tertiary/aromatic N) is 1. The topological polar surface area (TPSA) is 59.9 Å². The molecule has 0 saturated heterocycles. The number of hydrazone groups is 1. The van der Waals surface area contributed by atoms with Crippen LogP contribution >= 0.6 is 23.2 Å². The summed E-state index contributed by atoms with van der Waals surface area (Å²) in [7, 11) is 0. The van der Waals surface area contributed by atoms with Crippen molar-refractivity contribution in [3.8, 4) is 11.5 Å². The molecule has 0 saturated carbocycles. The molecule has 1 N–H and O–H groups in total. The molecular weight excluding hydrogens is 351 g/mol. The van der Waals surface area contributed by atoms with E-state index in [9.17, 15) is 4.79 Å². The van der Waals surface area contributed by atoms with Crippen molar-refractivity contribution in [1.82, 2.24) is 5.43 Å². The molecule has 3 rings (SSSR count). The van der Waals surface area contributed by atoms with Gasteiger partial charge in [0.2, 0.25) is 6.10 Å². The summed E-state index contributed by atoms with van der Waals surface area (Å²) in [6, 6.07) is 12.3. The van der Waals surface area contributed by atoms with Crippen LogP contribution in [-0.2, 0) is 4.79 Å². The molecule has 2 aromatic rings. The molecule has 124 valence electrons. The fourth-order valence-corrected chi connectivity index (χ4v) is 2.75. The van der Waals surface area contributed by atoms with Crippen molar-refractivity contribution in [3.05, 3.63) is 58.1 Å². The van der Waals surface area contributed by atoms with Crippen LogP contribution in [-0.4, -0.2) is 24.3 Å². The molecule has 7 heteroatoms. The highest BCUT2D eigenvalue weighted by molar-refractivity contribution is 6.37. The Kier molecular flexibility index (Phi) is 4.92. The Balaban J connectivity index is 1.67. The number of carbonyl (C=O) groups is 1. The first-order valence-corrected chi connectivity index (χ1v) is 7.98. The number of carbonyl (C=O) groups excluding carboxylic acids is 1. The number of ether oxygens (including phenoxy) is 2. The fourth-order valence-electron chi connectivity index (χ4n) is 2.20. The summed E-state index contributed by atoms with van der Waals surface area (Å²) in [5.74, 6) is 0.758. The van der Waals surface area contributed by atoms with Crippen molar-refractivity contribution >= 4 is 34.8 Å². The van der Waals surface area contributed by atoms with Gasteiger partial charge in [0.25, 0.3) is 5.91 Å². The van der Waals surface area contributed by atoms with Gasteiger partial charge in [-0.05, 0) is 31.2 Å². The van der Waals surface area contributed by atoms with Crippen LogP contribution < -0.4 is 14.9 Å². The molecule has 0 bridgehead atoms. The normalized spacial score (nSPS) is 16.6. The third kappa shape index (κ3) is 3.63. The molecule has 1 aliphatic heterocycles. The summed E-state index contributed by atoms with van der Waals surface area (Å²) < 4.78 is 11.1. The molecule has 24 heavy (non-hydrogen) atoms. The molecular formula is C17H14Cl2N2O3. The molecule has 0 aromatic heterocycles.